The lowest BCUT2D eigenvalue weighted by Gasteiger charge is -2.17. The van der Waals surface area contributed by atoms with E-state index in [-0.39, 0.29) is 24.8 Å². The summed E-state index contributed by atoms with van der Waals surface area (Å²) < 4.78 is 49.2. The molecule has 18 heavy (non-hydrogen) atoms. The predicted molar refractivity (Wildman–Crippen MR) is 52.0 cm³/mol. The van der Waals surface area contributed by atoms with Crippen LogP contribution in [0.25, 0.3) is 0 Å². The molecule has 1 atom stereocenters. The van der Waals surface area contributed by atoms with Gasteiger partial charge in [-0.15, -0.1) is 0 Å². The Hall–Kier alpha value is -1.73. The van der Waals surface area contributed by atoms with Gasteiger partial charge in [-0.3, -0.25) is 4.79 Å². The lowest BCUT2D eigenvalue weighted by molar-refractivity contribution is -0.184. The second-order valence-corrected chi connectivity index (χ2v) is 3.99. The molecule has 98 valence electrons. The number of carbonyl (C=O) groups excluding carboxylic acids is 1. The summed E-state index contributed by atoms with van der Waals surface area (Å²) in [4.78, 5) is 19.1. The predicted octanol–water partition coefficient (Wildman–Crippen LogP) is 1.49. The van der Waals surface area contributed by atoms with E-state index in [1.165, 1.54) is 0 Å². The number of amides is 1. The molecule has 0 N–H and O–H groups in total. The van der Waals surface area contributed by atoms with Gasteiger partial charge < -0.3 is 4.90 Å². The zero-order chi connectivity index (χ0) is 13.3. The Morgan fingerprint density at radius 2 is 1.94 bits per heavy atom. The Labute approximate surface area is 99.6 Å². The highest BCUT2D eigenvalue weighted by Gasteiger charge is 2.44. The van der Waals surface area contributed by atoms with E-state index in [1.807, 2.05) is 0 Å². The molecule has 0 bridgehead atoms. The molecule has 1 amide bonds. The molecule has 1 aliphatic heterocycles. The van der Waals surface area contributed by atoms with Gasteiger partial charge in [-0.25, -0.2) is 14.4 Å². The quantitative estimate of drug-likeness (QED) is 0.721. The summed E-state index contributed by atoms with van der Waals surface area (Å²) in [6, 6.07) is 0. The first-order valence-electron chi connectivity index (χ1n) is 5.21. The van der Waals surface area contributed by atoms with Crippen molar-refractivity contribution in [3.8, 4) is 0 Å². The minimum absolute atomic E-state index is 0.00372. The summed E-state index contributed by atoms with van der Waals surface area (Å²) in [7, 11) is 0. The fraction of sp³-hybridized carbons (Fsp3) is 0.500. The largest absolute Gasteiger partial charge is 0.471 e. The van der Waals surface area contributed by atoms with Crippen LogP contribution in [0.3, 0.4) is 0 Å². The van der Waals surface area contributed by atoms with E-state index >= 15 is 0 Å². The topological polar surface area (TPSA) is 46.1 Å². The summed E-state index contributed by atoms with van der Waals surface area (Å²) in [5.41, 5.74) is 0. The fourth-order valence-corrected chi connectivity index (χ4v) is 1.87. The standard InChI is InChI=1S/C10H9F4N3O/c11-7-3-15-8(16-4-7)6-1-2-17(5-6)9(18)10(12,13)14/h3-4,6H,1-2,5H2. The van der Waals surface area contributed by atoms with E-state index in [4.69, 9.17) is 0 Å². The van der Waals surface area contributed by atoms with Crippen LogP contribution in [0, 0.1) is 5.82 Å². The molecule has 1 fully saturated rings. The van der Waals surface area contributed by atoms with Crippen molar-refractivity contribution >= 4 is 5.91 Å². The minimum Gasteiger partial charge on any atom is -0.334 e. The van der Waals surface area contributed by atoms with Gasteiger partial charge in [-0.1, -0.05) is 0 Å². The second kappa shape index (κ2) is 4.51. The summed E-state index contributed by atoms with van der Waals surface area (Å²) >= 11 is 0. The molecule has 1 aliphatic rings. The van der Waals surface area contributed by atoms with Gasteiger partial charge in [0.15, 0.2) is 5.82 Å². The average molecular weight is 263 g/mol. The van der Waals surface area contributed by atoms with Crippen LogP contribution >= 0.6 is 0 Å². The van der Waals surface area contributed by atoms with Crippen LogP contribution < -0.4 is 0 Å². The molecular formula is C10H9F4N3O. The molecule has 0 radical (unpaired) electrons. The maximum atomic E-state index is 12.6. The number of alkyl halides is 3. The number of hydrogen-bond donors (Lipinski definition) is 0. The van der Waals surface area contributed by atoms with Gasteiger partial charge in [0.25, 0.3) is 0 Å². The summed E-state index contributed by atoms with van der Waals surface area (Å²) in [5.74, 6) is -2.59. The van der Waals surface area contributed by atoms with Crippen LogP contribution in [-0.4, -0.2) is 40.0 Å². The zero-order valence-electron chi connectivity index (χ0n) is 9.12. The fourth-order valence-electron chi connectivity index (χ4n) is 1.87. The molecule has 8 heteroatoms. The van der Waals surface area contributed by atoms with Crippen LogP contribution in [0.4, 0.5) is 17.6 Å². The van der Waals surface area contributed by atoms with Gasteiger partial charge in [0.1, 0.15) is 5.82 Å². The monoisotopic (exact) mass is 263 g/mol. The van der Waals surface area contributed by atoms with E-state index in [0.717, 1.165) is 17.3 Å². The molecule has 1 aromatic heterocycles. The smallest absolute Gasteiger partial charge is 0.334 e. The van der Waals surface area contributed by atoms with E-state index in [9.17, 15) is 22.4 Å². The molecule has 0 saturated carbocycles. The lowest BCUT2D eigenvalue weighted by atomic mass is 10.1. The molecule has 0 spiro atoms. The van der Waals surface area contributed by atoms with Crippen molar-refractivity contribution in [2.24, 2.45) is 0 Å². The van der Waals surface area contributed by atoms with Crippen LogP contribution in [0.5, 0.6) is 0 Å². The number of nitrogens with zero attached hydrogens (tertiary/aromatic N) is 3. The first kappa shape index (κ1) is 12.7. The number of carbonyl (C=O) groups is 1. The van der Waals surface area contributed by atoms with Crippen LogP contribution in [0.2, 0.25) is 0 Å². The third-order valence-electron chi connectivity index (χ3n) is 2.72. The van der Waals surface area contributed by atoms with Crippen LogP contribution in [0.15, 0.2) is 12.4 Å². The third kappa shape index (κ3) is 2.57. The summed E-state index contributed by atoms with van der Waals surface area (Å²) in [5, 5.41) is 0. The van der Waals surface area contributed by atoms with Crippen LogP contribution in [0.1, 0.15) is 18.2 Å². The highest BCUT2D eigenvalue weighted by atomic mass is 19.4. The number of rotatable bonds is 1. The normalized spacial score (nSPS) is 20.2. The Balaban J connectivity index is 2.05. The minimum atomic E-state index is -4.86. The first-order chi connectivity index (χ1) is 8.38. The molecular weight excluding hydrogens is 254 g/mol. The number of likely N-dealkylation sites (tertiary alicyclic amines) is 1. The van der Waals surface area contributed by atoms with Crippen molar-refractivity contribution in [2.75, 3.05) is 13.1 Å². The van der Waals surface area contributed by atoms with E-state index in [0.29, 0.717) is 6.42 Å². The Morgan fingerprint density at radius 1 is 1.33 bits per heavy atom. The Kier molecular flexibility index (Phi) is 3.18. The average Bonchev–Trinajstić information content (AvgIpc) is 2.77. The van der Waals surface area contributed by atoms with E-state index < -0.39 is 17.9 Å². The first-order valence-corrected chi connectivity index (χ1v) is 5.21. The van der Waals surface area contributed by atoms with Gasteiger partial charge in [0, 0.05) is 19.0 Å². The highest BCUT2D eigenvalue weighted by Crippen LogP contribution is 2.28. The third-order valence-corrected chi connectivity index (χ3v) is 2.72. The molecule has 1 aromatic rings. The van der Waals surface area contributed by atoms with E-state index in [2.05, 4.69) is 9.97 Å². The van der Waals surface area contributed by atoms with Gasteiger partial charge in [0.05, 0.1) is 12.4 Å². The SMILES string of the molecule is O=C(N1CCC(c2ncc(F)cn2)C1)C(F)(F)F. The molecule has 1 unspecified atom stereocenters. The van der Waals surface area contributed by atoms with Crippen molar-refractivity contribution in [3.05, 3.63) is 24.0 Å². The van der Waals surface area contributed by atoms with E-state index in [1.54, 1.807) is 0 Å². The summed E-state index contributed by atoms with van der Waals surface area (Å²) in [6.45, 7) is -0.0896. The Bertz CT molecular complexity index is 445. The second-order valence-electron chi connectivity index (χ2n) is 3.99. The van der Waals surface area contributed by atoms with Gasteiger partial charge in [0.2, 0.25) is 0 Å². The van der Waals surface area contributed by atoms with Crippen molar-refractivity contribution in [1.29, 1.82) is 0 Å². The molecule has 2 rings (SSSR count). The zero-order valence-corrected chi connectivity index (χ0v) is 9.12. The molecule has 4 nitrogen and oxygen atoms in total. The summed E-state index contributed by atoms with van der Waals surface area (Å²) in [6.07, 6.45) is -2.61. The van der Waals surface area contributed by atoms with Crippen molar-refractivity contribution in [3.63, 3.8) is 0 Å². The maximum Gasteiger partial charge on any atom is 0.471 e. The Morgan fingerprint density at radius 3 is 2.50 bits per heavy atom. The van der Waals surface area contributed by atoms with Crippen LogP contribution in [-0.2, 0) is 4.79 Å². The number of halogens is 4. The van der Waals surface area contributed by atoms with Gasteiger partial charge in [-0.05, 0) is 6.42 Å². The molecule has 2 heterocycles. The highest BCUT2D eigenvalue weighted by molar-refractivity contribution is 5.82. The van der Waals surface area contributed by atoms with Gasteiger partial charge in [-0.2, -0.15) is 13.2 Å². The maximum absolute atomic E-state index is 12.6. The van der Waals surface area contributed by atoms with Crippen molar-refractivity contribution < 1.29 is 22.4 Å². The molecule has 1 saturated heterocycles. The number of aromatic nitrogens is 2. The molecule has 0 aromatic carbocycles. The van der Waals surface area contributed by atoms with Crippen molar-refractivity contribution in [1.82, 2.24) is 14.9 Å². The van der Waals surface area contributed by atoms with Crippen molar-refractivity contribution in [2.45, 2.75) is 18.5 Å². The number of hydrogen-bond acceptors (Lipinski definition) is 3. The lowest BCUT2D eigenvalue weighted by Crippen LogP contribution is -2.39. The molecule has 0 aliphatic carbocycles. The van der Waals surface area contributed by atoms with Gasteiger partial charge >= 0.3 is 12.1 Å².